The Labute approximate surface area is 205 Å². The van der Waals surface area contributed by atoms with E-state index in [-0.39, 0.29) is 12.2 Å². The number of rotatable bonds is 7. The quantitative estimate of drug-likeness (QED) is 0.367. The number of nitrogens with zero attached hydrogens (tertiary/aromatic N) is 2. The Kier molecular flexibility index (Phi) is 7.14. The van der Waals surface area contributed by atoms with Crippen LogP contribution in [0.25, 0.3) is 6.08 Å². The number of halogens is 1. The topological polar surface area (TPSA) is 69.9 Å². The molecule has 3 aromatic rings. The van der Waals surface area contributed by atoms with E-state index in [1.807, 2.05) is 42.5 Å². The second-order valence-electron chi connectivity index (χ2n) is 7.52. The first-order valence-electron chi connectivity index (χ1n) is 10.7. The Balaban J connectivity index is 1.84. The number of carbonyl (C=O) groups is 1. The van der Waals surface area contributed by atoms with Crippen LogP contribution in [0.2, 0.25) is 5.02 Å². The van der Waals surface area contributed by atoms with Gasteiger partial charge in [-0.1, -0.05) is 59.9 Å². The average Bonchev–Trinajstić information content (AvgIpc) is 3.12. The molecule has 1 aromatic heterocycles. The van der Waals surface area contributed by atoms with Gasteiger partial charge in [-0.3, -0.25) is 9.36 Å². The van der Waals surface area contributed by atoms with E-state index >= 15 is 0 Å². The molecule has 0 N–H and O–H groups in total. The lowest BCUT2D eigenvalue weighted by atomic mass is 9.96. The number of thiazole rings is 1. The smallest absolute Gasteiger partial charge is 0.338 e. The van der Waals surface area contributed by atoms with Gasteiger partial charge in [-0.15, -0.1) is 0 Å². The number of hydrogen-bond donors (Lipinski definition) is 0. The predicted molar refractivity (Wildman–Crippen MR) is 134 cm³/mol. The molecule has 6 nitrogen and oxygen atoms in total. The van der Waals surface area contributed by atoms with Gasteiger partial charge in [0.25, 0.3) is 5.56 Å². The van der Waals surface area contributed by atoms with Crippen LogP contribution < -0.4 is 19.6 Å². The Bertz CT molecular complexity index is 1430. The molecule has 0 saturated heterocycles. The van der Waals surface area contributed by atoms with Crippen LogP contribution in [0.4, 0.5) is 0 Å². The Hall–Kier alpha value is -3.42. The van der Waals surface area contributed by atoms with E-state index in [0.29, 0.717) is 32.2 Å². The molecule has 0 bridgehead atoms. The average molecular weight is 495 g/mol. The van der Waals surface area contributed by atoms with Gasteiger partial charge in [-0.2, -0.15) is 0 Å². The Morgan fingerprint density at radius 3 is 2.56 bits per heavy atom. The third-order valence-electron chi connectivity index (χ3n) is 5.25. The van der Waals surface area contributed by atoms with Gasteiger partial charge >= 0.3 is 5.97 Å². The van der Waals surface area contributed by atoms with Crippen molar-refractivity contribution in [2.24, 2.45) is 4.99 Å². The number of benzene rings is 2. The van der Waals surface area contributed by atoms with E-state index in [2.05, 4.69) is 11.6 Å². The van der Waals surface area contributed by atoms with Gasteiger partial charge in [0.15, 0.2) is 4.80 Å². The van der Waals surface area contributed by atoms with Crippen LogP contribution in [0.5, 0.6) is 5.75 Å². The van der Waals surface area contributed by atoms with Crippen LogP contribution in [-0.2, 0) is 9.53 Å². The zero-order valence-corrected chi connectivity index (χ0v) is 20.4. The van der Waals surface area contributed by atoms with Gasteiger partial charge < -0.3 is 9.47 Å². The summed E-state index contributed by atoms with van der Waals surface area (Å²) in [5.74, 6) is 0.226. The van der Waals surface area contributed by atoms with E-state index < -0.39 is 12.0 Å². The highest BCUT2D eigenvalue weighted by atomic mass is 35.5. The summed E-state index contributed by atoms with van der Waals surface area (Å²) < 4.78 is 12.9. The van der Waals surface area contributed by atoms with Crippen molar-refractivity contribution in [2.45, 2.75) is 19.9 Å². The van der Waals surface area contributed by atoms with E-state index in [1.54, 1.807) is 36.6 Å². The number of carbonyl (C=O) groups excluding carboxylic acids is 1. The lowest BCUT2D eigenvalue weighted by Gasteiger charge is -2.24. The second kappa shape index (κ2) is 10.2. The van der Waals surface area contributed by atoms with E-state index in [0.717, 1.165) is 16.9 Å². The minimum absolute atomic E-state index is 0.222. The van der Waals surface area contributed by atoms with Crippen molar-refractivity contribution in [2.75, 3.05) is 13.2 Å². The number of aromatic nitrogens is 1. The molecular weight excluding hydrogens is 472 g/mol. The third kappa shape index (κ3) is 4.76. The molecule has 1 aliphatic rings. The minimum Gasteiger partial charge on any atom is -0.490 e. The molecule has 2 heterocycles. The SMILES string of the molecule is C=CCOc1ccc(/C=c2/sc3n(c2=O)C(c2ccc(Cl)cc2)C(C(=O)OCC)=C(C)N=3)cc1. The van der Waals surface area contributed by atoms with Crippen LogP contribution in [0, 0.1) is 0 Å². The number of fused-ring (bicyclic) bond motifs is 1. The molecule has 1 unspecified atom stereocenters. The van der Waals surface area contributed by atoms with Gasteiger partial charge in [-0.05, 0) is 55.3 Å². The lowest BCUT2D eigenvalue weighted by Crippen LogP contribution is -2.39. The van der Waals surface area contributed by atoms with Crippen molar-refractivity contribution in [3.05, 3.63) is 108 Å². The summed E-state index contributed by atoms with van der Waals surface area (Å²) in [5.41, 5.74) is 2.23. The first-order valence-corrected chi connectivity index (χ1v) is 11.9. The molecule has 2 aromatic carbocycles. The molecule has 174 valence electrons. The number of allylic oxidation sites excluding steroid dienone is 1. The normalized spacial score (nSPS) is 15.5. The minimum atomic E-state index is -0.663. The molecule has 4 rings (SSSR count). The maximum atomic E-state index is 13.6. The van der Waals surface area contributed by atoms with Crippen molar-refractivity contribution in [3.8, 4) is 5.75 Å². The molecule has 1 aliphatic heterocycles. The summed E-state index contributed by atoms with van der Waals surface area (Å²) in [4.78, 5) is 31.5. The van der Waals surface area contributed by atoms with Crippen LogP contribution in [0.3, 0.4) is 0 Å². The first-order chi connectivity index (χ1) is 16.4. The molecule has 34 heavy (non-hydrogen) atoms. The van der Waals surface area contributed by atoms with Crippen LogP contribution in [0.1, 0.15) is 31.0 Å². The second-order valence-corrected chi connectivity index (χ2v) is 8.97. The zero-order chi connectivity index (χ0) is 24.2. The summed E-state index contributed by atoms with van der Waals surface area (Å²) in [7, 11) is 0. The fourth-order valence-corrected chi connectivity index (χ4v) is 4.89. The third-order valence-corrected chi connectivity index (χ3v) is 6.48. The van der Waals surface area contributed by atoms with Crippen molar-refractivity contribution >= 4 is 35.0 Å². The summed E-state index contributed by atoms with van der Waals surface area (Å²) in [6.45, 7) is 7.79. The monoisotopic (exact) mass is 494 g/mol. The summed E-state index contributed by atoms with van der Waals surface area (Å²) in [5, 5.41) is 0.565. The van der Waals surface area contributed by atoms with Crippen molar-refractivity contribution in [1.29, 1.82) is 0 Å². The number of hydrogen-bond acceptors (Lipinski definition) is 6. The molecular formula is C26H23ClN2O4S. The molecule has 1 atom stereocenters. The molecule has 0 fully saturated rings. The summed E-state index contributed by atoms with van der Waals surface area (Å²) in [6.07, 6.45) is 3.49. The first kappa shape index (κ1) is 23.7. The Morgan fingerprint density at radius 1 is 1.21 bits per heavy atom. The zero-order valence-electron chi connectivity index (χ0n) is 18.8. The molecule has 0 spiro atoms. The van der Waals surface area contributed by atoms with Crippen LogP contribution in [0.15, 0.2) is 82.2 Å². The van der Waals surface area contributed by atoms with Crippen LogP contribution >= 0.6 is 22.9 Å². The van der Waals surface area contributed by atoms with Gasteiger partial charge in [0.1, 0.15) is 12.4 Å². The fourth-order valence-electron chi connectivity index (χ4n) is 3.72. The summed E-state index contributed by atoms with van der Waals surface area (Å²) >= 11 is 7.36. The van der Waals surface area contributed by atoms with Gasteiger partial charge in [0.05, 0.1) is 28.5 Å². The van der Waals surface area contributed by atoms with Crippen molar-refractivity contribution in [1.82, 2.24) is 4.57 Å². The van der Waals surface area contributed by atoms with Gasteiger partial charge in [0, 0.05) is 5.02 Å². The Morgan fingerprint density at radius 2 is 1.91 bits per heavy atom. The lowest BCUT2D eigenvalue weighted by molar-refractivity contribution is -0.139. The molecule has 0 saturated carbocycles. The van der Waals surface area contributed by atoms with Gasteiger partial charge in [-0.25, -0.2) is 9.79 Å². The molecule has 8 heteroatoms. The molecule has 0 radical (unpaired) electrons. The van der Waals surface area contributed by atoms with Crippen LogP contribution in [-0.4, -0.2) is 23.8 Å². The molecule has 0 amide bonds. The maximum absolute atomic E-state index is 13.6. The van der Waals surface area contributed by atoms with Gasteiger partial charge in [0.2, 0.25) is 0 Å². The van der Waals surface area contributed by atoms with E-state index in [1.165, 1.54) is 11.3 Å². The largest absolute Gasteiger partial charge is 0.490 e. The highest BCUT2D eigenvalue weighted by Gasteiger charge is 2.33. The number of esters is 1. The van der Waals surface area contributed by atoms with Crippen molar-refractivity contribution in [3.63, 3.8) is 0 Å². The van der Waals surface area contributed by atoms with E-state index in [9.17, 15) is 9.59 Å². The standard InChI is InChI=1S/C26H23ClN2O4S/c1-4-14-33-20-12-6-17(7-13-20)15-21-24(30)29-23(18-8-10-19(27)11-9-18)22(25(31)32-5-2)16(3)28-26(29)34-21/h4,6-13,15,23H,1,5,14H2,2-3H3/b21-15+. The summed E-state index contributed by atoms with van der Waals surface area (Å²) in [6, 6.07) is 13.9. The van der Waals surface area contributed by atoms with Crippen molar-refractivity contribution < 1.29 is 14.3 Å². The maximum Gasteiger partial charge on any atom is 0.338 e. The predicted octanol–water partition coefficient (Wildman–Crippen LogP) is 4.02. The fraction of sp³-hybridized carbons (Fsp3) is 0.192. The highest BCUT2D eigenvalue weighted by molar-refractivity contribution is 7.07. The van der Waals surface area contributed by atoms with E-state index in [4.69, 9.17) is 21.1 Å². The highest BCUT2D eigenvalue weighted by Crippen LogP contribution is 2.31. The number of ether oxygens (including phenoxy) is 2. The molecule has 0 aliphatic carbocycles.